The normalized spacial score (nSPS) is 25.5. The number of benzene rings is 2. The molecule has 2 aromatic rings. The molecule has 1 N–H and O–H groups in total. The highest BCUT2D eigenvalue weighted by Crippen LogP contribution is 2.49. The van der Waals surface area contributed by atoms with Gasteiger partial charge in [0, 0.05) is 11.6 Å². The standard InChI is InChI=1S/C20H20FN/c1-2-13-6-11-19-18(12-13)16-4-3-5-17(16)20(22-19)14-7-9-15(21)10-8-14/h3-4,6-12,16-17,20,22H,2,5H2,1H3/t16-,17-,20-/m1/s1. The molecule has 0 saturated carbocycles. The van der Waals surface area contributed by atoms with Gasteiger partial charge in [-0.1, -0.05) is 43.3 Å². The van der Waals surface area contributed by atoms with E-state index in [-0.39, 0.29) is 11.9 Å². The Morgan fingerprint density at radius 3 is 2.73 bits per heavy atom. The van der Waals surface area contributed by atoms with Gasteiger partial charge in [-0.05, 0) is 53.6 Å². The molecule has 0 spiro atoms. The molecule has 0 bridgehead atoms. The Morgan fingerprint density at radius 1 is 1.14 bits per heavy atom. The first kappa shape index (κ1) is 13.6. The number of hydrogen-bond donors (Lipinski definition) is 1. The Morgan fingerprint density at radius 2 is 1.95 bits per heavy atom. The van der Waals surface area contributed by atoms with Crippen molar-refractivity contribution in [1.29, 1.82) is 0 Å². The summed E-state index contributed by atoms with van der Waals surface area (Å²) in [4.78, 5) is 0. The number of hydrogen-bond acceptors (Lipinski definition) is 1. The molecule has 0 amide bonds. The monoisotopic (exact) mass is 293 g/mol. The first-order valence-electron chi connectivity index (χ1n) is 8.07. The first-order valence-corrected chi connectivity index (χ1v) is 8.07. The van der Waals surface area contributed by atoms with Crippen molar-refractivity contribution in [2.24, 2.45) is 5.92 Å². The van der Waals surface area contributed by atoms with Gasteiger partial charge >= 0.3 is 0 Å². The highest BCUT2D eigenvalue weighted by molar-refractivity contribution is 5.60. The van der Waals surface area contributed by atoms with E-state index in [9.17, 15) is 4.39 Å². The molecule has 0 saturated heterocycles. The maximum Gasteiger partial charge on any atom is 0.123 e. The molecule has 1 heterocycles. The second-order valence-electron chi connectivity index (χ2n) is 6.30. The molecule has 1 nitrogen and oxygen atoms in total. The fourth-order valence-electron chi connectivity index (χ4n) is 3.86. The van der Waals surface area contributed by atoms with Crippen LogP contribution in [0.25, 0.3) is 0 Å². The maximum absolute atomic E-state index is 13.2. The number of allylic oxidation sites excluding steroid dienone is 2. The van der Waals surface area contributed by atoms with Crippen LogP contribution in [-0.4, -0.2) is 0 Å². The Kier molecular flexibility index (Phi) is 3.25. The lowest BCUT2D eigenvalue weighted by atomic mass is 9.76. The van der Waals surface area contributed by atoms with Gasteiger partial charge in [0.15, 0.2) is 0 Å². The average molecular weight is 293 g/mol. The van der Waals surface area contributed by atoms with Crippen molar-refractivity contribution in [3.05, 3.63) is 77.1 Å². The summed E-state index contributed by atoms with van der Waals surface area (Å²) in [6.45, 7) is 2.20. The molecule has 1 aliphatic heterocycles. The number of fused-ring (bicyclic) bond motifs is 3. The molecule has 3 atom stereocenters. The van der Waals surface area contributed by atoms with Crippen LogP contribution in [0.1, 0.15) is 42.0 Å². The van der Waals surface area contributed by atoms with Crippen LogP contribution in [0.3, 0.4) is 0 Å². The number of halogens is 1. The quantitative estimate of drug-likeness (QED) is 0.749. The topological polar surface area (TPSA) is 12.0 Å². The molecule has 22 heavy (non-hydrogen) atoms. The molecule has 0 unspecified atom stereocenters. The molecule has 4 rings (SSSR count). The zero-order valence-corrected chi connectivity index (χ0v) is 12.7. The van der Waals surface area contributed by atoms with E-state index in [1.165, 1.54) is 22.4 Å². The maximum atomic E-state index is 13.2. The van der Waals surface area contributed by atoms with E-state index in [1.807, 2.05) is 12.1 Å². The van der Waals surface area contributed by atoms with Crippen molar-refractivity contribution in [2.45, 2.75) is 31.7 Å². The van der Waals surface area contributed by atoms with Gasteiger partial charge in [-0.25, -0.2) is 4.39 Å². The number of anilines is 1. The highest BCUT2D eigenvalue weighted by atomic mass is 19.1. The van der Waals surface area contributed by atoms with E-state index >= 15 is 0 Å². The van der Waals surface area contributed by atoms with Crippen LogP contribution in [-0.2, 0) is 6.42 Å². The van der Waals surface area contributed by atoms with Gasteiger partial charge in [0.1, 0.15) is 5.82 Å². The summed E-state index contributed by atoms with van der Waals surface area (Å²) in [7, 11) is 0. The van der Waals surface area contributed by atoms with Crippen LogP contribution >= 0.6 is 0 Å². The molecule has 2 aromatic carbocycles. The van der Waals surface area contributed by atoms with Crippen molar-refractivity contribution < 1.29 is 4.39 Å². The summed E-state index contributed by atoms with van der Waals surface area (Å²) in [5, 5.41) is 3.69. The third kappa shape index (κ3) is 2.14. The summed E-state index contributed by atoms with van der Waals surface area (Å²) in [6, 6.07) is 13.9. The Hall–Kier alpha value is -2.09. The predicted octanol–water partition coefficient (Wildman–Crippen LogP) is 5.21. The molecule has 0 fully saturated rings. The zero-order valence-electron chi connectivity index (χ0n) is 12.7. The second-order valence-corrected chi connectivity index (χ2v) is 6.30. The van der Waals surface area contributed by atoms with Gasteiger partial charge in [-0.15, -0.1) is 0 Å². The van der Waals surface area contributed by atoms with Crippen LogP contribution < -0.4 is 5.32 Å². The lowest BCUT2D eigenvalue weighted by Crippen LogP contribution is -2.29. The van der Waals surface area contributed by atoms with E-state index < -0.39 is 0 Å². The SMILES string of the molecule is CCc1ccc2c(c1)[C@@H]1C=CC[C@H]1[C@@H](c1ccc(F)cc1)N2. The van der Waals surface area contributed by atoms with Crippen molar-refractivity contribution in [3.63, 3.8) is 0 Å². The second kappa shape index (κ2) is 5.28. The van der Waals surface area contributed by atoms with Crippen LogP contribution in [0.5, 0.6) is 0 Å². The fraction of sp³-hybridized carbons (Fsp3) is 0.300. The van der Waals surface area contributed by atoms with Gasteiger partial charge in [-0.3, -0.25) is 0 Å². The van der Waals surface area contributed by atoms with E-state index in [1.54, 1.807) is 12.1 Å². The minimum Gasteiger partial charge on any atom is -0.378 e. The average Bonchev–Trinajstić information content (AvgIpc) is 3.04. The number of nitrogens with one attached hydrogen (secondary N) is 1. The van der Waals surface area contributed by atoms with E-state index in [0.717, 1.165) is 12.8 Å². The van der Waals surface area contributed by atoms with E-state index in [4.69, 9.17) is 0 Å². The first-order chi connectivity index (χ1) is 10.8. The van der Waals surface area contributed by atoms with E-state index in [0.29, 0.717) is 11.8 Å². The molecule has 1 aliphatic carbocycles. The summed E-state index contributed by atoms with van der Waals surface area (Å²) in [5.41, 5.74) is 5.20. The Balaban J connectivity index is 1.76. The van der Waals surface area contributed by atoms with Crippen LogP contribution in [0.4, 0.5) is 10.1 Å². The lowest BCUT2D eigenvalue weighted by molar-refractivity contribution is 0.425. The summed E-state index contributed by atoms with van der Waals surface area (Å²) >= 11 is 0. The molecule has 0 radical (unpaired) electrons. The molecule has 2 heteroatoms. The smallest absolute Gasteiger partial charge is 0.123 e. The van der Waals surface area contributed by atoms with Crippen molar-refractivity contribution >= 4 is 5.69 Å². The third-order valence-corrected chi connectivity index (χ3v) is 5.06. The minimum absolute atomic E-state index is 0.173. The van der Waals surface area contributed by atoms with Crippen molar-refractivity contribution in [1.82, 2.24) is 0 Å². The highest BCUT2D eigenvalue weighted by Gasteiger charge is 2.37. The van der Waals surface area contributed by atoms with Crippen LogP contribution in [0.2, 0.25) is 0 Å². The van der Waals surface area contributed by atoms with Gasteiger partial charge in [-0.2, -0.15) is 0 Å². The summed E-state index contributed by atoms with van der Waals surface area (Å²) in [6.07, 6.45) is 6.78. The number of aryl methyl sites for hydroxylation is 1. The van der Waals surface area contributed by atoms with Gasteiger partial charge in [0.2, 0.25) is 0 Å². The Bertz CT molecular complexity index is 717. The minimum atomic E-state index is -0.173. The van der Waals surface area contributed by atoms with Gasteiger partial charge in [0.25, 0.3) is 0 Å². The van der Waals surface area contributed by atoms with Crippen LogP contribution in [0.15, 0.2) is 54.6 Å². The molecular weight excluding hydrogens is 273 g/mol. The summed E-state index contributed by atoms with van der Waals surface area (Å²) in [5.74, 6) is 0.816. The number of rotatable bonds is 2. The van der Waals surface area contributed by atoms with Gasteiger partial charge < -0.3 is 5.32 Å². The molecular formula is C20H20FN. The molecule has 0 aromatic heterocycles. The predicted molar refractivity (Wildman–Crippen MR) is 88.6 cm³/mol. The lowest BCUT2D eigenvalue weighted by Gasteiger charge is -2.37. The van der Waals surface area contributed by atoms with Crippen LogP contribution in [0, 0.1) is 11.7 Å². The van der Waals surface area contributed by atoms with Gasteiger partial charge in [0.05, 0.1) is 6.04 Å². The van der Waals surface area contributed by atoms with Crippen molar-refractivity contribution in [2.75, 3.05) is 5.32 Å². The molecule has 112 valence electrons. The third-order valence-electron chi connectivity index (χ3n) is 5.06. The van der Waals surface area contributed by atoms with Crippen molar-refractivity contribution in [3.8, 4) is 0 Å². The van der Waals surface area contributed by atoms with E-state index in [2.05, 4.69) is 42.6 Å². The fourth-order valence-corrected chi connectivity index (χ4v) is 3.86. The summed E-state index contributed by atoms with van der Waals surface area (Å²) < 4.78 is 13.2. The Labute approximate surface area is 130 Å². The zero-order chi connectivity index (χ0) is 15.1. The largest absolute Gasteiger partial charge is 0.378 e. The molecule has 2 aliphatic rings.